The van der Waals surface area contributed by atoms with Crippen LogP contribution in [-0.2, 0) is 24.1 Å². The topological polar surface area (TPSA) is 64.7 Å². The molecule has 1 aromatic carbocycles. The van der Waals surface area contributed by atoms with E-state index in [1.54, 1.807) is 12.1 Å². The molecule has 6 nitrogen and oxygen atoms in total. The Morgan fingerprint density at radius 3 is 2.45 bits per heavy atom. The smallest absolute Gasteiger partial charge is 0.306 e. The highest BCUT2D eigenvalue weighted by molar-refractivity contribution is 6.33. The Morgan fingerprint density at radius 2 is 1.84 bits per heavy atom. The van der Waals surface area contributed by atoms with E-state index < -0.39 is 29.3 Å². The molecule has 2 heterocycles. The summed E-state index contributed by atoms with van der Waals surface area (Å²) in [7, 11) is 0. The van der Waals surface area contributed by atoms with E-state index in [9.17, 15) is 22.4 Å². The number of nitrogens with one attached hydrogen (secondary N) is 1. The SMILES string of the molecule is O=C(Cn1nc(C(F)(F)F)c(Cl)c1C1CC1)Nc1nn(Cc2ccc(F)cc2)cc1Cl. The van der Waals surface area contributed by atoms with Crippen LogP contribution < -0.4 is 5.32 Å². The van der Waals surface area contributed by atoms with Crippen molar-refractivity contribution in [3.05, 3.63) is 63.3 Å². The van der Waals surface area contributed by atoms with Gasteiger partial charge in [-0.15, -0.1) is 0 Å². The summed E-state index contributed by atoms with van der Waals surface area (Å²) >= 11 is 12.0. The first-order valence-electron chi connectivity index (χ1n) is 9.22. The maximum absolute atomic E-state index is 13.2. The van der Waals surface area contributed by atoms with E-state index in [4.69, 9.17) is 23.2 Å². The van der Waals surface area contributed by atoms with Gasteiger partial charge < -0.3 is 5.32 Å². The van der Waals surface area contributed by atoms with Crippen LogP contribution in [0.3, 0.4) is 0 Å². The molecule has 4 rings (SSSR count). The first-order chi connectivity index (χ1) is 14.6. The third kappa shape index (κ3) is 4.85. The molecule has 0 bridgehead atoms. The zero-order valence-corrected chi connectivity index (χ0v) is 17.3. The molecule has 3 aromatic rings. The minimum absolute atomic E-state index is 0.0519. The third-order valence-corrected chi connectivity index (χ3v) is 5.34. The first-order valence-corrected chi connectivity index (χ1v) is 9.98. The van der Waals surface area contributed by atoms with Crippen molar-refractivity contribution in [3.63, 3.8) is 0 Å². The van der Waals surface area contributed by atoms with Crippen LogP contribution in [0.15, 0.2) is 30.5 Å². The lowest BCUT2D eigenvalue weighted by Gasteiger charge is -2.07. The monoisotopic (exact) mass is 475 g/mol. The Bertz CT molecular complexity index is 1120. The van der Waals surface area contributed by atoms with Gasteiger partial charge in [-0.2, -0.15) is 23.4 Å². The summed E-state index contributed by atoms with van der Waals surface area (Å²) in [4.78, 5) is 12.5. The van der Waals surface area contributed by atoms with E-state index in [0.717, 1.165) is 10.2 Å². The minimum atomic E-state index is -4.72. The number of hydrogen-bond acceptors (Lipinski definition) is 3. The summed E-state index contributed by atoms with van der Waals surface area (Å²) in [5, 5.41) is 9.85. The number of halogens is 6. The Kier molecular flexibility index (Phi) is 5.69. The highest BCUT2D eigenvalue weighted by Gasteiger charge is 2.42. The van der Waals surface area contributed by atoms with Crippen molar-refractivity contribution >= 4 is 34.9 Å². The Labute approximate surface area is 183 Å². The van der Waals surface area contributed by atoms with Gasteiger partial charge >= 0.3 is 6.18 Å². The van der Waals surface area contributed by atoms with Crippen molar-refractivity contribution in [1.29, 1.82) is 0 Å². The second-order valence-corrected chi connectivity index (χ2v) is 7.96. The molecule has 31 heavy (non-hydrogen) atoms. The Balaban J connectivity index is 1.48. The Hall–Kier alpha value is -2.59. The van der Waals surface area contributed by atoms with E-state index in [0.29, 0.717) is 12.8 Å². The molecular formula is C19H15Cl2F4N5O. The summed E-state index contributed by atoms with van der Waals surface area (Å²) in [6.07, 6.45) is -1.87. The molecule has 1 aliphatic carbocycles. The van der Waals surface area contributed by atoms with Crippen molar-refractivity contribution in [2.75, 3.05) is 5.32 Å². The van der Waals surface area contributed by atoms with Gasteiger partial charge in [-0.1, -0.05) is 35.3 Å². The van der Waals surface area contributed by atoms with Gasteiger partial charge in [0, 0.05) is 12.1 Å². The normalized spacial score (nSPS) is 14.1. The second-order valence-electron chi connectivity index (χ2n) is 7.18. The number of carbonyl (C=O) groups is 1. The number of hydrogen-bond donors (Lipinski definition) is 1. The third-order valence-electron chi connectivity index (χ3n) is 4.69. The lowest BCUT2D eigenvalue weighted by atomic mass is 10.2. The van der Waals surface area contributed by atoms with Crippen LogP contribution >= 0.6 is 23.2 Å². The number of alkyl halides is 3. The van der Waals surface area contributed by atoms with E-state index in [1.807, 2.05) is 0 Å². The van der Waals surface area contributed by atoms with Gasteiger partial charge in [-0.3, -0.25) is 14.2 Å². The molecule has 2 aromatic heterocycles. The predicted octanol–water partition coefficient (Wildman–Crippen LogP) is 5.11. The van der Waals surface area contributed by atoms with Crippen molar-refractivity contribution in [3.8, 4) is 0 Å². The quantitative estimate of drug-likeness (QED) is 0.503. The summed E-state index contributed by atoms with van der Waals surface area (Å²) in [6, 6.07) is 5.79. The van der Waals surface area contributed by atoms with Crippen molar-refractivity contribution < 1.29 is 22.4 Å². The summed E-state index contributed by atoms with van der Waals surface area (Å²) < 4.78 is 54.9. The number of carbonyl (C=O) groups excluding carboxylic acids is 1. The minimum Gasteiger partial charge on any atom is -0.306 e. The van der Waals surface area contributed by atoms with Gasteiger partial charge in [0.25, 0.3) is 0 Å². The second kappa shape index (κ2) is 8.16. The molecule has 1 saturated carbocycles. The van der Waals surface area contributed by atoms with Crippen LogP contribution in [-0.4, -0.2) is 25.5 Å². The lowest BCUT2D eigenvalue weighted by molar-refractivity contribution is -0.141. The van der Waals surface area contributed by atoms with E-state index in [2.05, 4.69) is 15.5 Å². The highest BCUT2D eigenvalue weighted by Crippen LogP contribution is 2.46. The van der Waals surface area contributed by atoms with Crippen LogP contribution in [0.1, 0.15) is 35.7 Å². The van der Waals surface area contributed by atoms with Crippen molar-refractivity contribution in [1.82, 2.24) is 19.6 Å². The highest BCUT2D eigenvalue weighted by atomic mass is 35.5. The van der Waals surface area contributed by atoms with E-state index >= 15 is 0 Å². The van der Waals surface area contributed by atoms with Gasteiger partial charge in [0.05, 0.1) is 17.3 Å². The van der Waals surface area contributed by atoms with Gasteiger partial charge in [0.1, 0.15) is 17.4 Å². The molecule has 0 spiro atoms. The van der Waals surface area contributed by atoms with Crippen LogP contribution in [0.2, 0.25) is 10.0 Å². The molecule has 0 saturated heterocycles. The number of amides is 1. The van der Waals surface area contributed by atoms with Gasteiger partial charge in [0.2, 0.25) is 5.91 Å². The molecule has 0 aliphatic heterocycles. The zero-order chi connectivity index (χ0) is 22.3. The fourth-order valence-corrected chi connectivity index (χ4v) is 3.74. The van der Waals surface area contributed by atoms with Crippen molar-refractivity contribution in [2.45, 2.75) is 38.0 Å². The molecular weight excluding hydrogens is 461 g/mol. The first kappa shape index (κ1) is 21.6. The molecule has 12 heteroatoms. The molecule has 0 radical (unpaired) electrons. The van der Waals surface area contributed by atoms with Crippen LogP contribution in [0.4, 0.5) is 23.4 Å². The standard InChI is InChI=1S/C19H15Cl2F4N5O/c20-13-8-29(7-10-1-5-12(22)6-2-10)28-18(13)26-14(31)9-30-16(11-3-4-11)15(21)17(27-30)19(23,24)25/h1-2,5-6,8,11H,3-4,7,9H2,(H,26,28,31). The van der Waals surface area contributed by atoms with E-state index in [-0.39, 0.29) is 34.8 Å². The molecule has 0 unspecified atom stereocenters. The summed E-state index contributed by atoms with van der Waals surface area (Å²) in [6.45, 7) is -0.186. The molecule has 1 N–H and O–H groups in total. The Morgan fingerprint density at radius 1 is 1.16 bits per heavy atom. The summed E-state index contributed by atoms with van der Waals surface area (Å²) in [5.74, 6) is -1.12. The molecule has 164 valence electrons. The lowest BCUT2D eigenvalue weighted by Crippen LogP contribution is -2.22. The molecule has 1 aliphatic rings. The fraction of sp³-hybridized carbons (Fsp3) is 0.316. The van der Waals surface area contributed by atoms with Crippen LogP contribution in [0.25, 0.3) is 0 Å². The maximum Gasteiger partial charge on any atom is 0.436 e. The molecule has 0 atom stereocenters. The van der Waals surface area contributed by atoms with Crippen LogP contribution in [0.5, 0.6) is 0 Å². The number of benzene rings is 1. The van der Waals surface area contributed by atoms with Crippen molar-refractivity contribution in [2.24, 2.45) is 0 Å². The summed E-state index contributed by atoms with van der Waals surface area (Å²) in [5.41, 5.74) is -0.235. The van der Waals surface area contributed by atoms with E-state index in [1.165, 1.54) is 23.0 Å². The molecule has 1 fully saturated rings. The number of anilines is 1. The van der Waals surface area contributed by atoms with Gasteiger partial charge in [-0.25, -0.2) is 4.39 Å². The number of aromatic nitrogens is 4. The largest absolute Gasteiger partial charge is 0.436 e. The van der Waals surface area contributed by atoms with Gasteiger partial charge in [-0.05, 0) is 30.5 Å². The zero-order valence-electron chi connectivity index (χ0n) is 15.8. The molecule has 1 amide bonds. The average Bonchev–Trinajstić information content (AvgIpc) is 3.37. The maximum atomic E-state index is 13.2. The number of rotatable bonds is 6. The average molecular weight is 476 g/mol. The predicted molar refractivity (Wildman–Crippen MR) is 106 cm³/mol. The van der Waals surface area contributed by atoms with Crippen LogP contribution in [0, 0.1) is 5.82 Å². The van der Waals surface area contributed by atoms with Gasteiger partial charge in [0.15, 0.2) is 11.5 Å². The number of nitrogens with zero attached hydrogens (tertiary/aromatic N) is 4. The fourth-order valence-electron chi connectivity index (χ4n) is 3.15.